The standard InChI is InChI=1S/C15H17ClFNO4S/c1-2-22-15(19)11-5-3-4-6-14(11)23(20,21)18-13-8-7-10(17)9-12(13)16/h5,7-9,14,18H,2-4,6H2,1H3/t14-/m1/s1/i4D2,7D,8D,9D. The Morgan fingerprint density at radius 3 is 3.04 bits per heavy atom. The molecule has 1 atom stereocenters. The fourth-order valence-corrected chi connectivity index (χ4v) is 3.67. The maximum atomic E-state index is 13.7. The number of carbonyl (C=O) groups is 1. The molecule has 2 rings (SSSR count). The molecule has 126 valence electrons. The first kappa shape index (κ1) is 11.9. The molecule has 1 aromatic carbocycles. The molecule has 23 heavy (non-hydrogen) atoms. The Balaban J connectivity index is 2.52. The molecule has 1 N–H and O–H groups in total. The van der Waals surface area contributed by atoms with E-state index in [0.29, 0.717) is 0 Å². The van der Waals surface area contributed by atoms with Crippen LogP contribution in [-0.4, -0.2) is 26.2 Å². The molecule has 0 radical (unpaired) electrons. The van der Waals surface area contributed by atoms with E-state index in [9.17, 15) is 17.6 Å². The molecule has 1 aromatic rings. The number of halogens is 2. The summed E-state index contributed by atoms with van der Waals surface area (Å²) in [5.41, 5.74) is -0.959. The Hall–Kier alpha value is -1.60. The third kappa shape index (κ3) is 4.23. The van der Waals surface area contributed by atoms with E-state index in [2.05, 4.69) is 0 Å². The van der Waals surface area contributed by atoms with Gasteiger partial charge in [0, 0.05) is 2.74 Å². The minimum Gasteiger partial charge on any atom is -0.463 e. The molecule has 0 spiro atoms. The highest BCUT2D eigenvalue weighted by Gasteiger charge is 2.35. The third-order valence-corrected chi connectivity index (χ3v) is 4.95. The first-order chi connectivity index (χ1) is 12.8. The summed E-state index contributed by atoms with van der Waals surface area (Å²) in [6.07, 6.45) is -1.54. The van der Waals surface area contributed by atoms with Crippen LogP contribution >= 0.6 is 11.6 Å². The SMILES string of the molecule is [2H]c1c([2H])c(NS(=O)(=O)[C@@H]2CC([2H])([2H])CC=C2C(=O)OCC)c(Cl)c([2H])c1F. The van der Waals surface area contributed by atoms with Crippen molar-refractivity contribution in [2.24, 2.45) is 0 Å². The molecule has 0 heterocycles. The summed E-state index contributed by atoms with van der Waals surface area (Å²) in [6.45, 7) is 1.51. The summed E-state index contributed by atoms with van der Waals surface area (Å²) in [4.78, 5) is 12.1. The van der Waals surface area contributed by atoms with Crippen LogP contribution in [0, 0.1) is 5.82 Å². The van der Waals surface area contributed by atoms with Crippen LogP contribution in [0.4, 0.5) is 10.1 Å². The topological polar surface area (TPSA) is 72.5 Å². The first-order valence-corrected chi connectivity index (χ1v) is 8.58. The number of benzene rings is 1. The van der Waals surface area contributed by atoms with Crippen LogP contribution in [0.25, 0.3) is 0 Å². The van der Waals surface area contributed by atoms with Crippen LogP contribution in [0.5, 0.6) is 0 Å². The quantitative estimate of drug-likeness (QED) is 0.812. The second-order valence-corrected chi connectivity index (χ2v) is 6.79. The molecule has 5 nitrogen and oxygen atoms in total. The van der Waals surface area contributed by atoms with Crippen molar-refractivity contribution in [3.05, 3.63) is 40.6 Å². The van der Waals surface area contributed by atoms with Crippen molar-refractivity contribution in [3.63, 3.8) is 0 Å². The van der Waals surface area contributed by atoms with Gasteiger partial charge in [-0.3, -0.25) is 4.72 Å². The normalized spacial score (nSPS) is 23.5. The van der Waals surface area contributed by atoms with E-state index in [-0.39, 0.29) is 18.6 Å². The van der Waals surface area contributed by atoms with Crippen LogP contribution in [0.3, 0.4) is 0 Å². The lowest BCUT2D eigenvalue weighted by Gasteiger charge is -2.24. The van der Waals surface area contributed by atoms with Gasteiger partial charge < -0.3 is 4.74 Å². The summed E-state index contributed by atoms with van der Waals surface area (Å²) in [7, 11) is -4.56. The second-order valence-electron chi connectivity index (χ2n) is 4.55. The number of hydrogen-bond donors (Lipinski definition) is 1. The molecule has 0 fully saturated rings. The largest absolute Gasteiger partial charge is 0.463 e. The van der Waals surface area contributed by atoms with Crippen molar-refractivity contribution in [1.29, 1.82) is 0 Å². The van der Waals surface area contributed by atoms with Gasteiger partial charge in [0.1, 0.15) is 11.1 Å². The maximum absolute atomic E-state index is 13.7. The third-order valence-electron chi connectivity index (χ3n) is 3.01. The number of hydrogen-bond acceptors (Lipinski definition) is 4. The number of ether oxygens (including phenoxy) is 1. The van der Waals surface area contributed by atoms with Crippen molar-refractivity contribution < 1.29 is 29.2 Å². The zero-order valence-corrected chi connectivity index (χ0v) is 13.6. The van der Waals surface area contributed by atoms with Crippen molar-refractivity contribution >= 4 is 33.3 Å². The average Bonchev–Trinajstić information content (AvgIpc) is 2.61. The molecule has 0 unspecified atom stereocenters. The van der Waals surface area contributed by atoms with Crippen LogP contribution in [0.1, 0.15) is 33.0 Å². The van der Waals surface area contributed by atoms with Crippen LogP contribution < -0.4 is 4.72 Å². The average molecular weight is 367 g/mol. The number of anilines is 1. The van der Waals surface area contributed by atoms with E-state index in [1.165, 1.54) is 6.92 Å². The highest BCUT2D eigenvalue weighted by Crippen LogP contribution is 2.30. The van der Waals surface area contributed by atoms with Crippen molar-refractivity contribution in [3.8, 4) is 0 Å². The zero-order valence-electron chi connectivity index (χ0n) is 17.1. The Bertz CT molecular complexity index is 925. The van der Waals surface area contributed by atoms with E-state index in [4.69, 9.17) is 23.2 Å². The number of esters is 1. The van der Waals surface area contributed by atoms with Gasteiger partial charge in [-0.1, -0.05) is 17.7 Å². The number of carbonyl (C=O) groups excluding carboxylic acids is 1. The highest BCUT2D eigenvalue weighted by atomic mass is 35.5. The van der Waals surface area contributed by atoms with E-state index >= 15 is 0 Å². The molecule has 1 aliphatic rings. The lowest BCUT2D eigenvalue weighted by Crippen LogP contribution is -2.34. The van der Waals surface area contributed by atoms with E-state index in [1.54, 1.807) is 0 Å². The van der Waals surface area contributed by atoms with E-state index in [0.717, 1.165) is 6.08 Å². The molecular formula is C15H17ClFNO4S. The first-order valence-electron chi connectivity index (χ1n) is 9.16. The minimum absolute atomic E-state index is 0.0195. The van der Waals surface area contributed by atoms with Gasteiger partial charge in [-0.05, 0) is 44.3 Å². The molecular weight excluding hydrogens is 345 g/mol. The summed E-state index contributed by atoms with van der Waals surface area (Å²) >= 11 is 5.79. The smallest absolute Gasteiger partial charge is 0.335 e. The van der Waals surface area contributed by atoms with Crippen molar-refractivity contribution in [1.82, 2.24) is 0 Å². The molecule has 0 amide bonds. The van der Waals surface area contributed by atoms with Gasteiger partial charge in [-0.25, -0.2) is 17.6 Å². The summed E-state index contributed by atoms with van der Waals surface area (Å²) in [5.74, 6) is -2.30. The fourth-order valence-electron chi connectivity index (χ4n) is 1.99. The Labute approximate surface area is 146 Å². The van der Waals surface area contributed by atoms with E-state index in [1.807, 2.05) is 4.72 Å². The number of allylic oxidation sites excluding steroid dienone is 1. The van der Waals surface area contributed by atoms with Gasteiger partial charge in [-0.15, -0.1) is 0 Å². The Morgan fingerprint density at radius 1 is 1.61 bits per heavy atom. The lowest BCUT2D eigenvalue weighted by atomic mass is 9.99. The molecule has 0 bridgehead atoms. The molecule has 0 aromatic heterocycles. The summed E-state index contributed by atoms with van der Waals surface area (Å²) < 4.78 is 84.6. The number of sulfonamides is 1. The monoisotopic (exact) mass is 366 g/mol. The highest BCUT2D eigenvalue weighted by molar-refractivity contribution is 7.93. The predicted molar refractivity (Wildman–Crippen MR) is 86.3 cm³/mol. The molecule has 0 saturated carbocycles. The fraction of sp³-hybridized carbons (Fsp3) is 0.400. The molecule has 0 aliphatic heterocycles. The zero-order chi connectivity index (χ0) is 21.4. The van der Waals surface area contributed by atoms with Gasteiger partial charge in [0.2, 0.25) is 10.0 Å². The minimum atomic E-state index is -4.56. The predicted octanol–water partition coefficient (Wildman–Crippen LogP) is 3.26. The molecule has 1 aliphatic carbocycles. The van der Waals surface area contributed by atoms with Crippen molar-refractivity contribution in [2.45, 2.75) is 31.4 Å². The molecule has 8 heteroatoms. The summed E-state index contributed by atoms with van der Waals surface area (Å²) in [5, 5.41) is -2.39. The van der Waals surface area contributed by atoms with Gasteiger partial charge in [0.05, 0.1) is 27.0 Å². The number of rotatable bonds is 5. The Kier molecular flexibility index (Phi) is 3.77. The van der Waals surface area contributed by atoms with E-state index < -0.39 is 68.7 Å². The Morgan fingerprint density at radius 2 is 2.35 bits per heavy atom. The lowest BCUT2D eigenvalue weighted by molar-refractivity contribution is -0.138. The summed E-state index contributed by atoms with van der Waals surface area (Å²) in [6, 6.07) is -2.87. The number of nitrogens with one attached hydrogen (secondary N) is 1. The molecule has 0 saturated heterocycles. The van der Waals surface area contributed by atoms with Crippen LogP contribution in [0.15, 0.2) is 29.8 Å². The van der Waals surface area contributed by atoms with Gasteiger partial charge in [0.15, 0.2) is 0 Å². The van der Waals surface area contributed by atoms with Gasteiger partial charge in [0.25, 0.3) is 0 Å². The van der Waals surface area contributed by atoms with Crippen LogP contribution in [0.2, 0.25) is 5.02 Å². The van der Waals surface area contributed by atoms with Crippen molar-refractivity contribution in [2.75, 3.05) is 11.3 Å². The maximum Gasteiger partial charge on any atom is 0.335 e. The van der Waals surface area contributed by atoms with Crippen LogP contribution in [-0.2, 0) is 19.6 Å². The van der Waals surface area contributed by atoms with Gasteiger partial charge >= 0.3 is 5.97 Å². The van der Waals surface area contributed by atoms with Gasteiger partial charge in [-0.2, -0.15) is 0 Å². The second kappa shape index (κ2) is 7.31.